The fraction of sp³-hybridized carbons (Fsp3) is 0.188. The third-order valence-corrected chi connectivity index (χ3v) is 3.52. The van der Waals surface area contributed by atoms with Crippen LogP contribution in [-0.4, -0.2) is 22.8 Å². The summed E-state index contributed by atoms with van der Waals surface area (Å²) in [7, 11) is 1.45. The van der Waals surface area contributed by atoms with Crippen LogP contribution in [0, 0.1) is 10.1 Å². The Morgan fingerprint density at radius 1 is 1.20 bits per heavy atom. The van der Waals surface area contributed by atoms with E-state index in [0.717, 1.165) is 18.2 Å². The van der Waals surface area contributed by atoms with E-state index in [-0.39, 0.29) is 23.5 Å². The van der Waals surface area contributed by atoms with E-state index in [2.05, 4.69) is 0 Å². The average Bonchev–Trinajstić information content (AvgIpc) is 2.54. The van der Waals surface area contributed by atoms with Gasteiger partial charge in [-0.2, -0.15) is 13.2 Å². The zero-order valence-electron chi connectivity index (χ0n) is 13.1. The van der Waals surface area contributed by atoms with Gasteiger partial charge in [-0.15, -0.1) is 0 Å². The molecule has 0 radical (unpaired) electrons. The number of halogens is 3. The monoisotopic (exact) mass is 353 g/mol. The molecule has 0 bridgehead atoms. The van der Waals surface area contributed by atoms with Gasteiger partial charge in [-0.1, -0.05) is 12.1 Å². The number of carbonyl (C=O) groups excluding carboxylic acids is 1. The third kappa shape index (κ3) is 4.25. The average molecular weight is 353 g/mol. The van der Waals surface area contributed by atoms with E-state index in [9.17, 15) is 28.1 Å². The van der Waals surface area contributed by atoms with Crippen LogP contribution in [0.1, 0.15) is 21.5 Å². The van der Waals surface area contributed by atoms with Crippen molar-refractivity contribution in [1.29, 1.82) is 0 Å². The number of hydrogen-bond acceptors (Lipinski definition) is 4. The van der Waals surface area contributed by atoms with Gasteiger partial charge in [0.15, 0.2) is 0 Å². The summed E-state index contributed by atoms with van der Waals surface area (Å²) in [4.78, 5) is 23.8. The number of nitrogens with zero attached hydrogens (tertiary/aromatic N) is 2. The summed E-state index contributed by atoms with van der Waals surface area (Å²) in [5.74, 6) is -0.511. The summed E-state index contributed by atoms with van der Waals surface area (Å²) in [6, 6.07) is 8.10. The maximum absolute atomic E-state index is 12.5. The topological polar surface area (TPSA) is 89.5 Å². The van der Waals surface area contributed by atoms with Crippen molar-refractivity contribution in [1.82, 2.24) is 4.90 Å². The molecule has 2 aromatic rings. The lowest BCUT2D eigenvalue weighted by molar-refractivity contribution is -0.383. The summed E-state index contributed by atoms with van der Waals surface area (Å²) >= 11 is 0. The molecule has 9 heteroatoms. The molecule has 2 aromatic carbocycles. The van der Waals surface area contributed by atoms with Crippen molar-refractivity contribution in [2.24, 2.45) is 0 Å². The first-order valence-electron chi connectivity index (χ1n) is 7.05. The second kappa shape index (κ2) is 6.80. The Hall–Kier alpha value is -3.10. The molecule has 25 heavy (non-hydrogen) atoms. The van der Waals surface area contributed by atoms with Crippen LogP contribution in [-0.2, 0) is 12.7 Å². The molecule has 0 unspecified atom stereocenters. The van der Waals surface area contributed by atoms with Crippen LogP contribution in [0.25, 0.3) is 0 Å². The van der Waals surface area contributed by atoms with Gasteiger partial charge < -0.3 is 10.6 Å². The Morgan fingerprint density at radius 3 is 2.32 bits per heavy atom. The second-order valence-electron chi connectivity index (χ2n) is 5.39. The van der Waals surface area contributed by atoms with E-state index in [1.54, 1.807) is 0 Å². The molecule has 0 aliphatic heterocycles. The molecule has 132 valence electrons. The highest BCUT2D eigenvalue weighted by Gasteiger charge is 2.30. The Bertz CT molecular complexity index is 805. The molecule has 0 fully saturated rings. The van der Waals surface area contributed by atoms with Crippen LogP contribution < -0.4 is 5.73 Å². The van der Waals surface area contributed by atoms with Crippen molar-refractivity contribution < 1.29 is 22.9 Å². The van der Waals surface area contributed by atoms with Gasteiger partial charge in [-0.3, -0.25) is 14.9 Å². The van der Waals surface area contributed by atoms with Crippen molar-refractivity contribution in [2.75, 3.05) is 12.8 Å². The van der Waals surface area contributed by atoms with E-state index < -0.39 is 22.6 Å². The number of nitro groups is 1. The number of anilines is 1. The number of carbonyl (C=O) groups is 1. The number of nitrogen functional groups attached to an aromatic ring is 1. The quantitative estimate of drug-likeness (QED) is 0.518. The van der Waals surface area contributed by atoms with E-state index in [0.29, 0.717) is 5.56 Å². The minimum atomic E-state index is -4.43. The maximum atomic E-state index is 12.5. The van der Waals surface area contributed by atoms with Gasteiger partial charge in [0, 0.05) is 25.2 Å². The second-order valence-corrected chi connectivity index (χ2v) is 5.39. The highest BCUT2D eigenvalue weighted by Crippen LogP contribution is 2.29. The summed E-state index contributed by atoms with van der Waals surface area (Å²) in [6.07, 6.45) is -4.43. The predicted molar refractivity (Wildman–Crippen MR) is 84.8 cm³/mol. The van der Waals surface area contributed by atoms with Crippen molar-refractivity contribution in [2.45, 2.75) is 12.7 Å². The number of amides is 1. The first-order valence-corrected chi connectivity index (χ1v) is 7.05. The molecule has 1 amide bonds. The molecule has 2 N–H and O–H groups in total. The molecule has 0 aliphatic rings. The minimum absolute atomic E-state index is 0.0507. The lowest BCUT2D eigenvalue weighted by Gasteiger charge is -2.18. The van der Waals surface area contributed by atoms with Crippen molar-refractivity contribution >= 4 is 17.3 Å². The van der Waals surface area contributed by atoms with Crippen LogP contribution in [0.15, 0.2) is 42.5 Å². The van der Waals surface area contributed by atoms with Gasteiger partial charge in [0.05, 0.1) is 10.5 Å². The SMILES string of the molecule is CN(Cc1ccc(C(F)(F)F)cc1)C(=O)c1ccc(N)c([N+](=O)[O-])c1. The molecule has 0 aliphatic carbocycles. The number of alkyl halides is 3. The first kappa shape index (κ1) is 18.2. The van der Waals surface area contributed by atoms with Crippen molar-refractivity contribution in [3.63, 3.8) is 0 Å². The van der Waals surface area contributed by atoms with E-state index in [1.807, 2.05) is 0 Å². The largest absolute Gasteiger partial charge is 0.416 e. The zero-order chi connectivity index (χ0) is 18.8. The number of nitrogens with two attached hydrogens (primary N) is 1. The Morgan fingerprint density at radius 2 is 1.80 bits per heavy atom. The smallest absolute Gasteiger partial charge is 0.393 e. The molecular formula is C16H14F3N3O3. The fourth-order valence-corrected chi connectivity index (χ4v) is 2.20. The predicted octanol–water partition coefficient (Wildman–Crippen LogP) is 3.47. The summed E-state index contributed by atoms with van der Waals surface area (Å²) < 4.78 is 37.6. The fourth-order valence-electron chi connectivity index (χ4n) is 2.20. The maximum Gasteiger partial charge on any atom is 0.416 e. The van der Waals surface area contributed by atoms with Gasteiger partial charge in [0.2, 0.25) is 0 Å². The zero-order valence-corrected chi connectivity index (χ0v) is 13.1. The van der Waals surface area contributed by atoms with Gasteiger partial charge in [0.25, 0.3) is 11.6 Å². The Kier molecular flexibility index (Phi) is 4.96. The Labute approximate surface area is 140 Å². The van der Waals surface area contributed by atoms with E-state index >= 15 is 0 Å². The molecule has 0 heterocycles. The molecule has 0 saturated carbocycles. The number of rotatable bonds is 4. The van der Waals surface area contributed by atoms with Crippen molar-refractivity contribution in [3.05, 3.63) is 69.3 Å². The van der Waals surface area contributed by atoms with Crippen LogP contribution in [0.2, 0.25) is 0 Å². The molecule has 0 spiro atoms. The van der Waals surface area contributed by atoms with Gasteiger partial charge in [-0.05, 0) is 29.8 Å². The number of hydrogen-bond donors (Lipinski definition) is 1. The van der Waals surface area contributed by atoms with Crippen LogP contribution >= 0.6 is 0 Å². The van der Waals surface area contributed by atoms with E-state index in [1.165, 1.54) is 36.2 Å². The highest BCUT2D eigenvalue weighted by molar-refractivity contribution is 5.95. The number of benzene rings is 2. The van der Waals surface area contributed by atoms with E-state index in [4.69, 9.17) is 5.73 Å². The molecule has 0 atom stereocenters. The first-order chi connectivity index (χ1) is 11.6. The van der Waals surface area contributed by atoms with Crippen LogP contribution in [0.4, 0.5) is 24.5 Å². The van der Waals surface area contributed by atoms with Crippen molar-refractivity contribution in [3.8, 4) is 0 Å². The molecule has 0 aromatic heterocycles. The lowest BCUT2D eigenvalue weighted by atomic mass is 10.1. The normalized spacial score (nSPS) is 11.2. The summed E-state index contributed by atoms with van der Waals surface area (Å²) in [5, 5.41) is 10.9. The van der Waals surface area contributed by atoms with Crippen LogP contribution in [0.3, 0.4) is 0 Å². The standard InChI is InChI=1S/C16H14F3N3O3/c1-21(9-10-2-5-12(6-3-10)16(17,18)19)15(23)11-4-7-13(20)14(8-11)22(24)25/h2-8H,9,20H2,1H3. The molecule has 0 saturated heterocycles. The summed E-state index contributed by atoms with van der Waals surface area (Å²) in [5.41, 5.74) is 4.82. The molecular weight excluding hydrogens is 339 g/mol. The third-order valence-electron chi connectivity index (χ3n) is 3.52. The highest BCUT2D eigenvalue weighted by atomic mass is 19.4. The molecule has 6 nitrogen and oxygen atoms in total. The minimum Gasteiger partial charge on any atom is -0.393 e. The Balaban J connectivity index is 2.15. The lowest BCUT2D eigenvalue weighted by Crippen LogP contribution is -2.26. The van der Waals surface area contributed by atoms with Crippen LogP contribution in [0.5, 0.6) is 0 Å². The number of nitro benzene ring substituents is 1. The van der Waals surface area contributed by atoms with Gasteiger partial charge in [-0.25, -0.2) is 0 Å². The molecule has 2 rings (SSSR count). The van der Waals surface area contributed by atoms with Gasteiger partial charge in [0.1, 0.15) is 5.69 Å². The van der Waals surface area contributed by atoms with Gasteiger partial charge >= 0.3 is 6.18 Å². The summed E-state index contributed by atoms with van der Waals surface area (Å²) in [6.45, 7) is 0.0507.